The van der Waals surface area contributed by atoms with Crippen LogP contribution in [0.2, 0.25) is 0 Å². The first kappa shape index (κ1) is 23.3. The van der Waals surface area contributed by atoms with Gasteiger partial charge in [0.05, 0.1) is 0 Å². The molecule has 4 aromatic rings. The van der Waals surface area contributed by atoms with Crippen LogP contribution in [0.1, 0.15) is 52.0 Å². The number of aryl methyl sites for hydroxylation is 6. The van der Waals surface area contributed by atoms with Crippen molar-refractivity contribution in [2.75, 3.05) is 0 Å². The van der Waals surface area contributed by atoms with Crippen LogP contribution < -0.4 is 25.7 Å². The second-order valence-electron chi connectivity index (χ2n) is 11.4. The Balaban J connectivity index is 1.67. The van der Waals surface area contributed by atoms with Crippen molar-refractivity contribution in [1.29, 1.82) is 0 Å². The van der Waals surface area contributed by atoms with Crippen molar-refractivity contribution in [2.24, 2.45) is 0 Å². The molecule has 36 heavy (non-hydrogen) atoms. The van der Waals surface area contributed by atoms with Gasteiger partial charge in [-0.3, -0.25) is 0 Å². The van der Waals surface area contributed by atoms with Gasteiger partial charge in [0.15, 0.2) is 0 Å². The maximum absolute atomic E-state index is 7.77. The van der Waals surface area contributed by atoms with Crippen LogP contribution in [0.15, 0.2) is 66.7 Å². The fourth-order valence-corrected chi connectivity index (χ4v) is 33.8. The molecule has 1 fully saturated rings. The van der Waals surface area contributed by atoms with Gasteiger partial charge < -0.3 is 0 Å². The Hall–Kier alpha value is -1.85. The van der Waals surface area contributed by atoms with Crippen molar-refractivity contribution in [2.45, 2.75) is 60.2 Å². The van der Waals surface area contributed by atoms with Crippen molar-refractivity contribution in [3.8, 4) is 0 Å². The van der Waals surface area contributed by atoms with Crippen LogP contribution in [-0.2, 0) is 4.52 Å². The van der Waals surface area contributed by atoms with E-state index in [1.54, 1.807) is 25.7 Å². The van der Waals surface area contributed by atoms with Crippen molar-refractivity contribution in [3.05, 3.63) is 106 Å². The number of hydrogen-bond donors (Lipinski definition) is 0. The van der Waals surface area contributed by atoms with E-state index in [0.717, 1.165) is 0 Å². The van der Waals surface area contributed by atoms with Gasteiger partial charge in [0.1, 0.15) is 0 Å². The molecule has 0 aromatic heterocycles. The average Bonchev–Trinajstić information content (AvgIpc) is 2.86. The normalized spacial score (nSPS) is 23.2. The van der Waals surface area contributed by atoms with E-state index in [-0.39, 0.29) is 6.10 Å². The summed E-state index contributed by atoms with van der Waals surface area (Å²) in [4.78, 5) is 0. The molecule has 182 valence electrons. The van der Waals surface area contributed by atoms with Gasteiger partial charge in [-0.25, -0.2) is 0 Å². The Morgan fingerprint density at radius 3 is 1.36 bits per heavy atom. The van der Waals surface area contributed by atoms with E-state index in [1.807, 2.05) is 0 Å². The first-order valence-electron chi connectivity index (χ1n) is 13.1. The molecule has 1 saturated heterocycles. The second-order valence-corrected chi connectivity index (χ2v) is 24.3. The standard InChI is InChI=1S/C33H34OP.Bi/c1-22-13-16-30(19-25(22)4)35(31-17-14-23(2)26(5)20-31,32-18-15-24(3)27(6)21-32)28(7)33(34-35)29-11-9-8-10-12-29;/h8-15,19-21,28,33H,1-7H3;/t28-,33-;/m1./s1. The minimum atomic E-state index is -3.14. The Kier molecular flexibility index (Phi) is 4.77. The summed E-state index contributed by atoms with van der Waals surface area (Å²) in [6, 6.07) is 26.4. The van der Waals surface area contributed by atoms with E-state index in [0.29, 0.717) is 5.66 Å². The number of hydrogen-bond acceptors (Lipinski definition) is 1. The van der Waals surface area contributed by atoms with Crippen LogP contribution in [0.25, 0.3) is 0 Å². The first-order chi connectivity index (χ1) is 17.2. The molecule has 1 spiro atoms. The molecule has 2 bridgehead atoms. The molecule has 4 heterocycles. The quantitative estimate of drug-likeness (QED) is 0.211. The van der Waals surface area contributed by atoms with Crippen LogP contribution in [-0.4, -0.2) is 27.4 Å². The van der Waals surface area contributed by atoms with E-state index in [9.17, 15) is 0 Å². The van der Waals surface area contributed by atoms with Crippen molar-refractivity contribution < 1.29 is 4.52 Å². The number of benzene rings is 4. The SMILES string of the molecule is Cc1c[c]2c(cc1C)P13(O[C@@H](c4ccccc4)[C@H]1C)c1cc(C)c(C)c[c]1[Bi]2[c]1cc(C)c(C)cc13. The topological polar surface area (TPSA) is 9.23 Å². The molecule has 8 rings (SSSR count). The van der Waals surface area contributed by atoms with Crippen molar-refractivity contribution in [1.82, 2.24) is 0 Å². The number of rotatable bonds is 1. The van der Waals surface area contributed by atoms with Gasteiger partial charge in [-0.2, -0.15) is 0 Å². The second kappa shape index (κ2) is 7.38. The zero-order valence-electron chi connectivity index (χ0n) is 22.3. The average molecular weight is 687 g/mol. The van der Waals surface area contributed by atoms with Crippen molar-refractivity contribution >= 4 is 54.3 Å². The summed E-state index contributed by atoms with van der Waals surface area (Å²) < 4.78 is 12.8. The maximum atomic E-state index is 7.77. The van der Waals surface area contributed by atoms with Crippen molar-refractivity contribution in [3.63, 3.8) is 0 Å². The monoisotopic (exact) mass is 686 g/mol. The Bertz CT molecular complexity index is 1470. The van der Waals surface area contributed by atoms with Crippen LogP contribution in [0.3, 0.4) is 0 Å². The van der Waals surface area contributed by atoms with Gasteiger partial charge in [0, 0.05) is 0 Å². The third-order valence-electron chi connectivity index (χ3n) is 9.61. The summed E-state index contributed by atoms with van der Waals surface area (Å²) in [5.74, 6) is 0. The molecule has 0 saturated carbocycles. The zero-order valence-corrected chi connectivity index (χ0v) is 26.7. The van der Waals surface area contributed by atoms with E-state index >= 15 is 0 Å². The molecule has 0 N–H and O–H groups in total. The van der Waals surface area contributed by atoms with Crippen LogP contribution >= 0.6 is 6.83 Å². The molecular weight excluding hydrogens is 652 g/mol. The molecule has 0 radical (unpaired) electrons. The van der Waals surface area contributed by atoms with Gasteiger partial charge in [-0.15, -0.1) is 0 Å². The summed E-state index contributed by atoms with van der Waals surface area (Å²) >= 11 is -2.50. The molecular formula is C33H34BiOP. The van der Waals surface area contributed by atoms with Crippen LogP contribution in [0.4, 0.5) is 0 Å². The molecule has 4 aromatic carbocycles. The molecule has 0 unspecified atom stereocenters. The molecule has 4 aliphatic rings. The van der Waals surface area contributed by atoms with E-state index in [4.69, 9.17) is 4.52 Å². The van der Waals surface area contributed by atoms with E-state index in [2.05, 4.69) is 115 Å². The minimum absolute atomic E-state index is 0.117. The Morgan fingerprint density at radius 2 is 0.972 bits per heavy atom. The van der Waals surface area contributed by atoms with Gasteiger partial charge in [0.25, 0.3) is 0 Å². The summed E-state index contributed by atoms with van der Waals surface area (Å²) in [5, 5.41) is 4.77. The van der Waals surface area contributed by atoms with Gasteiger partial charge in [-0.1, -0.05) is 0 Å². The zero-order chi connectivity index (χ0) is 25.2. The third kappa shape index (κ3) is 2.48. The van der Waals surface area contributed by atoms with Crippen LogP contribution in [0.5, 0.6) is 0 Å². The van der Waals surface area contributed by atoms with Gasteiger partial charge in [-0.05, 0) is 0 Å². The molecule has 2 atom stereocenters. The fraction of sp³-hybridized carbons (Fsp3) is 0.273. The molecule has 0 aliphatic carbocycles. The Morgan fingerprint density at radius 1 is 0.583 bits per heavy atom. The first-order valence-corrected chi connectivity index (χ1v) is 20.5. The third-order valence-corrected chi connectivity index (χ3v) is 28.2. The van der Waals surface area contributed by atoms with Gasteiger partial charge in [0.2, 0.25) is 0 Å². The Labute approximate surface area is 223 Å². The molecule has 4 aliphatic heterocycles. The fourth-order valence-electron chi connectivity index (χ4n) is 7.17. The predicted molar refractivity (Wildman–Crippen MR) is 158 cm³/mol. The van der Waals surface area contributed by atoms with Crippen LogP contribution in [0, 0.1) is 41.5 Å². The molecule has 1 nitrogen and oxygen atoms in total. The summed E-state index contributed by atoms with van der Waals surface area (Å²) in [5.41, 5.74) is 10.2. The molecule has 3 heteroatoms. The summed E-state index contributed by atoms with van der Waals surface area (Å²) in [6.07, 6.45) is 0.117. The van der Waals surface area contributed by atoms with Gasteiger partial charge >= 0.3 is 225 Å². The summed E-state index contributed by atoms with van der Waals surface area (Å²) in [7, 11) is 0. The van der Waals surface area contributed by atoms with E-state index < -0.39 is 28.6 Å². The predicted octanol–water partition coefficient (Wildman–Crippen LogP) is 4.58. The summed E-state index contributed by atoms with van der Waals surface area (Å²) in [6.45, 7) is 13.2. The molecule has 0 amide bonds. The van der Waals surface area contributed by atoms with E-state index in [1.165, 1.54) is 38.9 Å².